The fraction of sp³-hybridized carbons (Fsp3) is 0.562. The van der Waals surface area contributed by atoms with Crippen LogP contribution in [-0.4, -0.2) is 66.7 Å². The van der Waals surface area contributed by atoms with Gasteiger partial charge >= 0.3 is 6.03 Å². The first-order valence-corrected chi connectivity index (χ1v) is 7.41. The van der Waals surface area contributed by atoms with E-state index in [9.17, 15) is 9.18 Å². The minimum absolute atomic E-state index is 0.0310. The van der Waals surface area contributed by atoms with Gasteiger partial charge in [-0.2, -0.15) is 0 Å². The van der Waals surface area contributed by atoms with Crippen LogP contribution in [0.2, 0.25) is 0 Å². The molecule has 0 radical (unpaired) electrons. The van der Waals surface area contributed by atoms with Gasteiger partial charge in [-0.3, -0.25) is 0 Å². The maximum Gasteiger partial charge on any atom is 0.320 e. The highest BCUT2D eigenvalue weighted by atomic mass is 19.1. The Morgan fingerprint density at radius 3 is 2.57 bits per heavy atom. The van der Waals surface area contributed by atoms with E-state index in [1.165, 1.54) is 11.1 Å². The smallest absolute Gasteiger partial charge is 0.320 e. The van der Waals surface area contributed by atoms with Crippen LogP contribution in [0, 0.1) is 0 Å². The van der Waals surface area contributed by atoms with Gasteiger partial charge in [0.2, 0.25) is 0 Å². The Balaban J connectivity index is 1.59. The fourth-order valence-electron chi connectivity index (χ4n) is 3.30. The second-order valence-corrected chi connectivity index (χ2v) is 6.47. The van der Waals surface area contributed by atoms with Gasteiger partial charge in [0.25, 0.3) is 0 Å². The molecule has 2 aliphatic rings. The summed E-state index contributed by atoms with van der Waals surface area (Å²) in [6.07, 6.45) is 0.883. The average molecular weight is 291 g/mol. The van der Waals surface area contributed by atoms with E-state index in [1.807, 2.05) is 36.0 Å². The van der Waals surface area contributed by atoms with E-state index in [4.69, 9.17) is 0 Å². The van der Waals surface area contributed by atoms with E-state index in [0.29, 0.717) is 13.1 Å². The van der Waals surface area contributed by atoms with Gasteiger partial charge in [0.15, 0.2) is 5.67 Å². The Hall–Kier alpha value is -1.62. The van der Waals surface area contributed by atoms with E-state index < -0.39 is 5.67 Å². The van der Waals surface area contributed by atoms with Gasteiger partial charge in [0.05, 0.1) is 13.1 Å². The zero-order valence-corrected chi connectivity index (χ0v) is 12.7. The zero-order valence-electron chi connectivity index (χ0n) is 12.7. The molecule has 4 nitrogen and oxygen atoms in total. The molecule has 0 atom stereocenters. The summed E-state index contributed by atoms with van der Waals surface area (Å²) in [5.74, 6) is 0. The molecule has 0 unspecified atom stereocenters. The van der Waals surface area contributed by atoms with Gasteiger partial charge in [-0.1, -0.05) is 24.3 Å². The average Bonchev–Trinajstić information content (AvgIpc) is 2.42. The summed E-state index contributed by atoms with van der Waals surface area (Å²) in [7, 11) is 3.71. The summed E-state index contributed by atoms with van der Waals surface area (Å²) in [6.45, 7) is 2.15. The lowest BCUT2D eigenvalue weighted by Gasteiger charge is -2.47. The minimum Gasteiger partial charge on any atom is -0.320 e. The molecule has 114 valence electrons. The van der Waals surface area contributed by atoms with Crippen molar-refractivity contribution in [1.29, 1.82) is 0 Å². The number of amides is 2. The second kappa shape index (κ2) is 5.30. The van der Waals surface area contributed by atoms with Crippen molar-refractivity contribution in [3.8, 4) is 0 Å². The largest absolute Gasteiger partial charge is 0.320 e. The molecule has 0 N–H and O–H groups in total. The highest BCUT2D eigenvalue weighted by molar-refractivity contribution is 5.76. The lowest BCUT2D eigenvalue weighted by atomic mass is 9.95. The van der Waals surface area contributed by atoms with Crippen LogP contribution < -0.4 is 0 Å². The number of halogens is 1. The Labute approximate surface area is 125 Å². The van der Waals surface area contributed by atoms with Crippen molar-refractivity contribution in [1.82, 2.24) is 14.7 Å². The minimum atomic E-state index is -1.24. The van der Waals surface area contributed by atoms with E-state index in [0.717, 1.165) is 13.0 Å². The van der Waals surface area contributed by atoms with Crippen LogP contribution in [0.1, 0.15) is 11.1 Å². The number of benzene rings is 1. The third-order valence-corrected chi connectivity index (χ3v) is 4.22. The van der Waals surface area contributed by atoms with Gasteiger partial charge in [0.1, 0.15) is 0 Å². The first-order chi connectivity index (χ1) is 9.97. The van der Waals surface area contributed by atoms with Crippen molar-refractivity contribution in [2.45, 2.75) is 18.6 Å². The Morgan fingerprint density at radius 2 is 1.90 bits per heavy atom. The molecule has 0 bridgehead atoms. The molecule has 21 heavy (non-hydrogen) atoms. The van der Waals surface area contributed by atoms with Gasteiger partial charge in [-0.05, 0) is 31.6 Å². The molecule has 1 aromatic rings. The summed E-state index contributed by atoms with van der Waals surface area (Å²) in [5, 5.41) is 0. The molecule has 2 aliphatic heterocycles. The number of urea groups is 1. The SMILES string of the molecule is CN(C)CC1(F)CN(C(=O)N2CCc3ccccc3C2)C1. The van der Waals surface area contributed by atoms with Crippen LogP contribution in [0.5, 0.6) is 0 Å². The van der Waals surface area contributed by atoms with Gasteiger partial charge in [-0.15, -0.1) is 0 Å². The van der Waals surface area contributed by atoms with Crippen molar-refractivity contribution < 1.29 is 9.18 Å². The van der Waals surface area contributed by atoms with Crippen LogP contribution in [0.25, 0.3) is 0 Å². The predicted octanol–water partition coefficient (Wildman–Crippen LogP) is 1.75. The van der Waals surface area contributed by atoms with Crippen LogP contribution in [-0.2, 0) is 13.0 Å². The maximum absolute atomic E-state index is 14.3. The number of rotatable bonds is 2. The fourth-order valence-corrected chi connectivity index (χ4v) is 3.30. The summed E-state index contributed by atoms with van der Waals surface area (Å²) >= 11 is 0. The number of fused-ring (bicyclic) bond motifs is 1. The molecule has 2 heterocycles. The molecule has 2 amide bonds. The predicted molar refractivity (Wildman–Crippen MR) is 79.9 cm³/mol. The topological polar surface area (TPSA) is 26.8 Å². The Bertz CT molecular complexity index is 540. The third kappa shape index (κ3) is 2.88. The van der Waals surface area contributed by atoms with E-state index in [2.05, 4.69) is 12.1 Å². The molecule has 1 aromatic carbocycles. The van der Waals surface area contributed by atoms with E-state index in [-0.39, 0.29) is 19.1 Å². The number of alkyl halides is 1. The lowest BCUT2D eigenvalue weighted by molar-refractivity contribution is -0.0307. The van der Waals surface area contributed by atoms with Crippen molar-refractivity contribution in [2.75, 3.05) is 40.3 Å². The molecule has 0 aliphatic carbocycles. The third-order valence-electron chi connectivity index (χ3n) is 4.22. The number of hydrogen-bond donors (Lipinski definition) is 0. The molecule has 0 saturated carbocycles. The zero-order chi connectivity index (χ0) is 15.0. The first kappa shape index (κ1) is 14.3. The normalized spacial score (nSPS) is 20.2. The second-order valence-electron chi connectivity index (χ2n) is 6.47. The number of carbonyl (C=O) groups is 1. The van der Waals surface area contributed by atoms with E-state index >= 15 is 0 Å². The number of likely N-dealkylation sites (tertiary alicyclic amines) is 1. The summed E-state index contributed by atoms with van der Waals surface area (Å²) in [5.41, 5.74) is 1.28. The molecular weight excluding hydrogens is 269 g/mol. The quantitative estimate of drug-likeness (QED) is 0.830. The van der Waals surface area contributed by atoms with E-state index in [1.54, 1.807) is 4.90 Å². The highest BCUT2D eigenvalue weighted by Gasteiger charge is 2.47. The van der Waals surface area contributed by atoms with Gasteiger partial charge in [-0.25, -0.2) is 9.18 Å². The highest BCUT2D eigenvalue weighted by Crippen LogP contribution is 2.28. The monoisotopic (exact) mass is 291 g/mol. The molecular formula is C16H22FN3O. The number of nitrogens with zero attached hydrogens (tertiary/aromatic N) is 3. The molecule has 1 fully saturated rings. The first-order valence-electron chi connectivity index (χ1n) is 7.41. The Morgan fingerprint density at radius 1 is 1.24 bits per heavy atom. The van der Waals surface area contributed by atoms with Crippen LogP contribution in [0.4, 0.5) is 9.18 Å². The standard InChI is InChI=1S/C16H22FN3O/c1-18(2)10-16(17)11-20(12-16)15(21)19-8-7-13-5-3-4-6-14(13)9-19/h3-6H,7-12H2,1-2H3. The lowest BCUT2D eigenvalue weighted by Crippen LogP contribution is -2.66. The summed E-state index contributed by atoms with van der Waals surface area (Å²) in [6, 6.07) is 8.18. The number of hydrogen-bond acceptors (Lipinski definition) is 2. The summed E-state index contributed by atoms with van der Waals surface area (Å²) < 4.78 is 14.3. The molecule has 3 rings (SSSR count). The molecule has 5 heteroatoms. The molecule has 1 saturated heterocycles. The molecule has 0 aromatic heterocycles. The maximum atomic E-state index is 14.3. The Kier molecular flexibility index (Phi) is 3.61. The van der Waals surface area contributed by atoms with Crippen molar-refractivity contribution in [3.63, 3.8) is 0 Å². The molecule has 0 spiro atoms. The van der Waals surface area contributed by atoms with Crippen LogP contribution in [0.3, 0.4) is 0 Å². The van der Waals surface area contributed by atoms with Crippen molar-refractivity contribution >= 4 is 6.03 Å². The van der Waals surface area contributed by atoms with Crippen molar-refractivity contribution in [3.05, 3.63) is 35.4 Å². The van der Waals surface area contributed by atoms with Gasteiger partial charge in [0, 0.05) is 19.6 Å². The number of carbonyl (C=O) groups excluding carboxylic acids is 1. The van der Waals surface area contributed by atoms with Crippen LogP contribution in [0.15, 0.2) is 24.3 Å². The van der Waals surface area contributed by atoms with Gasteiger partial charge < -0.3 is 14.7 Å². The van der Waals surface area contributed by atoms with Crippen LogP contribution >= 0.6 is 0 Å². The van der Waals surface area contributed by atoms with Crippen molar-refractivity contribution in [2.24, 2.45) is 0 Å². The summed E-state index contributed by atoms with van der Waals surface area (Å²) in [4.78, 5) is 17.7.